The second-order valence-electron chi connectivity index (χ2n) is 41.6. The van der Waals surface area contributed by atoms with Crippen molar-refractivity contribution in [2.75, 3.05) is 96.2 Å². The molecule has 1 saturated carbocycles. The number of cyclic esters (lactones) is 2. The lowest BCUT2D eigenvalue weighted by Gasteiger charge is -2.26. The van der Waals surface area contributed by atoms with E-state index < -0.39 is 29.2 Å². The first-order chi connectivity index (χ1) is 59.5. The molecule has 0 aromatic carbocycles. The van der Waals surface area contributed by atoms with E-state index in [9.17, 15) is 35.4 Å². The van der Waals surface area contributed by atoms with E-state index in [0.29, 0.717) is 121 Å². The minimum atomic E-state index is -2.74. The van der Waals surface area contributed by atoms with E-state index in [1.165, 1.54) is 31.9 Å². The zero-order chi connectivity index (χ0) is 97.9. The van der Waals surface area contributed by atoms with Crippen molar-refractivity contribution < 1.29 is 97.0 Å². The van der Waals surface area contributed by atoms with Crippen LogP contribution >= 0.6 is 0 Å². The molecule has 12 heterocycles. The Morgan fingerprint density at radius 3 is 1.10 bits per heavy atom. The van der Waals surface area contributed by atoms with Gasteiger partial charge in [0.15, 0.2) is 16.1 Å². The molecule has 0 aromatic rings. The van der Waals surface area contributed by atoms with Gasteiger partial charge in [-0.2, -0.15) is 0 Å². The quantitative estimate of drug-likeness (QED) is 0.116. The maximum atomic E-state index is 11.4. The zero-order valence-electron chi connectivity index (χ0n) is 86.7. The van der Waals surface area contributed by atoms with E-state index in [1.54, 1.807) is 13.8 Å². The predicted molar refractivity (Wildman–Crippen MR) is 530 cm³/mol. The number of rotatable bonds is 14. The molecule has 13 atom stereocenters. The van der Waals surface area contributed by atoms with Crippen molar-refractivity contribution in [3.63, 3.8) is 0 Å². The summed E-state index contributed by atoms with van der Waals surface area (Å²) in [6, 6.07) is 0. The van der Waals surface area contributed by atoms with Crippen molar-refractivity contribution in [2.45, 2.75) is 370 Å². The number of sulfone groups is 2. The zero-order valence-corrected chi connectivity index (χ0v) is 89.1. The van der Waals surface area contributed by atoms with Crippen molar-refractivity contribution in [3.05, 3.63) is 61.9 Å². The van der Waals surface area contributed by atoms with Gasteiger partial charge in [-0.25, -0.2) is 16.8 Å². The number of hydrogen-bond donors (Lipinski definition) is 0. The number of ether oxygens (including phenoxy) is 13. The summed E-state index contributed by atoms with van der Waals surface area (Å²) in [6.45, 7) is 86.7. The Morgan fingerprint density at radius 1 is 0.344 bits per heavy atom. The van der Waals surface area contributed by atoms with Crippen molar-refractivity contribution in [2.24, 2.45) is 112 Å². The molecule has 12 aliphatic heterocycles. The Morgan fingerprint density at radius 2 is 0.828 bits per heavy atom. The van der Waals surface area contributed by atoms with E-state index in [2.05, 4.69) is 205 Å². The van der Waals surface area contributed by atoms with Crippen LogP contribution in [0.4, 0.5) is 0 Å². The lowest BCUT2D eigenvalue weighted by atomic mass is 9.88. The normalized spacial score (nSPS) is 27.6. The SMILES string of the molecule is C=C1CC(C(C)C)CCO1.C=C1CC(C(C)C)CO1.C=C1CCC(C(C)C)CO1.C=C1CCC(C(C)C)O1.C=C1OCC(C(C)C)O1.C=S1(=O)CCC(C(C)C)C1.CC(C)C1CCCC(=O)O1.CC(C)C1CCCC1=O.CC(C)C1CCCO1.CC(C)C1CCCOC1=O.CC(C)C1CCCS1(=O)=O.CC(C)C1COCCO1.CC(C)C1OCCO1.CC(C)S(C)(=O)=O. The molecule has 0 radical (unpaired) electrons. The van der Waals surface area contributed by atoms with Gasteiger partial charge in [-0.15, -0.1) is 0 Å². The number of Topliss-reactive ketones (excluding diaryl/α,β-unsaturated/α-hetero) is 1. The van der Waals surface area contributed by atoms with Crippen LogP contribution in [-0.4, -0.2) is 188 Å². The average Bonchev–Trinajstić information content (AvgIpc) is 1.70. The molecule has 24 heteroatoms. The molecule has 13 unspecified atom stereocenters. The highest BCUT2D eigenvalue weighted by Gasteiger charge is 2.35. The van der Waals surface area contributed by atoms with Gasteiger partial charge >= 0.3 is 11.9 Å². The van der Waals surface area contributed by atoms with Crippen LogP contribution in [0, 0.1) is 112 Å². The molecular formula is C104H194O21S3. The minimum Gasteiger partial charge on any atom is -0.499 e. The number of carbonyl (C=O) groups excluding carboxylic acids is 3. The fraction of sp³-hybridized carbons (Fsp3) is 0.865. The van der Waals surface area contributed by atoms with Crippen molar-refractivity contribution in [3.8, 4) is 0 Å². The molecule has 0 spiro atoms. The first-order valence-corrected chi connectivity index (χ1v) is 55.2. The average molecular weight is 1880 g/mol. The molecule has 13 fully saturated rings. The number of carbonyl (C=O) groups is 3. The van der Waals surface area contributed by atoms with E-state index in [-0.39, 0.29) is 46.9 Å². The molecule has 21 nitrogen and oxygen atoms in total. The molecule has 12 saturated heterocycles. The monoisotopic (exact) mass is 1880 g/mol. The van der Waals surface area contributed by atoms with Gasteiger partial charge in [0.25, 0.3) is 5.95 Å². The van der Waals surface area contributed by atoms with Crippen molar-refractivity contribution in [1.29, 1.82) is 0 Å². The third-order valence-electron chi connectivity index (χ3n) is 25.5. The van der Waals surface area contributed by atoms with Crippen molar-refractivity contribution >= 4 is 52.8 Å². The maximum Gasteiger partial charge on any atom is 0.309 e. The van der Waals surface area contributed by atoms with E-state index in [0.717, 1.165) is 232 Å². The van der Waals surface area contributed by atoms with Gasteiger partial charge in [0.1, 0.15) is 40.5 Å². The lowest BCUT2D eigenvalue weighted by Crippen LogP contribution is -2.32. The van der Waals surface area contributed by atoms with Crippen molar-refractivity contribution in [1.82, 2.24) is 0 Å². The minimum absolute atomic E-state index is 0.00116. The Labute approximate surface area is 785 Å². The Hall–Kier alpha value is -4.17. The van der Waals surface area contributed by atoms with Crippen LogP contribution in [0.1, 0.15) is 322 Å². The molecule has 13 aliphatic rings. The largest absolute Gasteiger partial charge is 0.499 e. The molecule has 0 amide bonds. The van der Waals surface area contributed by atoms with Crippen LogP contribution in [0.15, 0.2) is 61.9 Å². The van der Waals surface area contributed by atoms with Gasteiger partial charge < -0.3 is 61.6 Å². The molecular weight excluding hydrogens is 1680 g/mol. The van der Waals surface area contributed by atoms with Gasteiger partial charge in [-0.05, 0) is 214 Å². The summed E-state index contributed by atoms with van der Waals surface area (Å²) in [5.41, 5.74) is 0. The van der Waals surface area contributed by atoms with Crippen LogP contribution in [-0.2, 0) is 105 Å². The van der Waals surface area contributed by atoms with Crippen LogP contribution < -0.4 is 0 Å². The summed E-state index contributed by atoms with van der Waals surface area (Å²) < 4.78 is 122. The summed E-state index contributed by atoms with van der Waals surface area (Å²) in [5, 5.41) is -0.278. The Bertz CT molecular complexity index is 3260. The standard InChI is InChI=1S/2C9H16O.2C8H14O2.C8H16OS.3C8H14O.C7H14O2S.C7H12O2.C7H14O2.C7H14O.C6H12O2.C4H10O2S/c1-7(2)9-4-5-10-8(3)6-9;1-7(2)9-5-4-8(3)10-6-9;1-6(2)7-4-3-5-10-8(7)9;1-6(2)7-4-3-5-8(9)10-7;1-7(2)8-4-5-10(3,9)6-8;1-6(2)8-4-7(3)9-5-8;1-6(2)8-5-4-7(3)9-8;1-6(2)7-4-3-5-8(7)9;1-6(2)7-4-3-5-10(7,8)9;1-5(2)7-4-8-6(3)9-7;1-6(2)7-5-8-3-4-9-7;1-6(2)7-4-3-5-8-7;1-5(2)6-7-3-4-8-6;1-4(2)7(3,5)6/h2*7,9H,3-6H2,1-2H3;2*6-7H,3-5H2,1-2H3;7-8H,3-6H2,1-2H3;2*6,8H,3-5H2,1-2H3;6-7H,3-5H2,1-2H3;6-7H,3-5H2,1-2H3;5,7H,3-4H2,1-2H3;6-7H,3-5H2,1-2H3;6-7H,3-5H2,1-2H3;5-6H,3-4H2,1-2H3;4H,1-3H3. The topological polar surface area (TPSA) is 257 Å². The molecule has 0 N–H and O–H groups in total. The second kappa shape index (κ2) is 66.3. The molecule has 0 bridgehead atoms. The Balaban J connectivity index is 0.00000136. The molecule has 754 valence electrons. The molecule has 0 aromatic heterocycles. The predicted octanol–water partition coefficient (Wildman–Crippen LogP) is 23.5. The smallest absolute Gasteiger partial charge is 0.309 e. The first-order valence-electron chi connectivity index (χ1n) is 49.4. The highest BCUT2D eigenvalue weighted by Crippen LogP contribution is 2.33. The molecule has 1 aliphatic carbocycles. The number of allylic oxidation sites excluding steroid dienone is 4. The lowest BCUT2D eigenvalue weighted by molar-refractivity contribution is -0.156. The number of hydrogen-bond acceptors (Lipinski definition) is 21. The summed E-state index contributed by atoms with van der Waals surface area (Å²) in [5.74, 6) is 21.9. The van der Waals surface area contributed by atoms with Gasteiger partial charge in [0.2, 0.25) is 0 Å². The van der Waals surface area contributed by atoms with Crippen LogP contribution in [0.5, 0.6) is 0 Å². The summed E-state index contributed by atoms with van der Waals surface area (Å²) in [7, 11) is -7.07. The Kier molecular flexibility index (Phi) is 64.1. The van der Waals surface area contributed by atoms with E-state index >= 15 is 0 Å². The second-order valence-corrected chi connectivity index (χ2v) is 49.2. The summed E-state index contributed by atoms with van der Waals surface area (Å²) in [4.78, 5) is 32.8. The van der Waals surface area contributed by atoms with Gasteiger partial charge in [-0.3, -0.25) is 18.6 Å². The fourth-order valence-corrected chi connectivity index (χ4v) is 19.8. The summed E-state index contributed by atoms with van der Waals surface area (Å²) >= 11 is 0. The van der Waals surface area contributed by atoms with Crippen LogP contribution in [0.3, 0.4) is 0 Å². The number of ketones is 1. The highest BCUT2D eigenvalue weighted by atomic mass is 32.2. The van der Waals surface area contributed by atoms with E-state index in [1.807, 2.05) is 13.8 Å². The van der Waals surface area contributed by atoms with Crippen LogP contribution in [0.2, 0.25) is 0 Å². The third kappa shape index (κ3) is 56.2. The van der Waals surface area contributed by atoms with Gasteiger partial charge in [0.05, 0.1) is 117 Å². The molecule has 13 rings (SSSR count). The fourth-order valence-electron chi connectivity index (χ4n) is 15.4. The third-order valence-corrected chi connectivity index (χ3v) is 31.7. The maximum absolute atomic E-state index is 11.4. The highest BCUT2D eigenvalue weighted by molar-refractivity contribution is 8.00. The van der Waals surface area contributed by atoms with Crippen LogP contribution in [0.25, 0.3) is 0 Å². The van der Waals surface area contributed by atoms with Gasteiger partial charge in [-0.1, -0.05) is 206 Å². The van der Waals surface area contributed by atoms with E-state index in [4.69, 9.17) is 61.6 Å². The van der Waals surface area contributed by atoms with Gasteiger partial charge in [0, 0.05) is 80.6 Å². The summed E-state index contributed by atoms with van der Waals surface area (Å²) in [6.07, 6.45) is 24.1. The first kappa shape index (κ1) is 124. The molecule has 128 heavy (non-hydrogen) atoms. The number of esters is 2.